The first-order valence-corrected chi connectivity index (χ1v) is 3.32. The van der Waals surface area contributed by atoms with E-state index in [4.69, 9.17) is 0 Å². The fraction of sp³-hybridized carbons (Fsp3) is 0.625. The molecule has 0 spiro atoms. The predicted molar refractivity (Wildman–Crippen MR) is 39.3 cm³/mol. The highest BCUT2D eigenvalue weighted by molar-refractivity contribution is 5.75. The SMILES string of the molecule is C=CC(CC)CC(C)=O. The summed E-state index contributed by atoms with van der Waals surface area (Å²) in [5.74, 6) is 0.643. The van der Waals surface area contributed by atoms with Crippen molar-refractivity contribution in [1.82, 2.24) is 0 Å². The van der Waals surface area contributed by atoms with E-state index in [0.29, 0.717) is 12.3 Å². The van der Waals surface area contributed by atoms with Crippen LogP contribution in [0.1, 0.15) is 26.7 Å². The molecular weight excluding hydrogens is 112 g/mol. The normalized spacial score (nSPS) is 12.7. The van der Waals surface area contributed by atoms with Crippen molar-refractivity contribution >= 4 is 5.78 Å². The van der Waals surface area contributed by atoms with Crippen molar-refractivity contribution in [1.29, 1.82) is 0 Å². The first-order valence-electron chi connectivity index (χ1n) is 3.32. The lowest BCUT2D eigenvalue weighted by Crippen LogP contribution is -2.00. The fourth-order valence-electron chi connectivity index (χ4n) is 0.764. The van der Waals surface area contributed by atoms with E-state index in [0.717, 1.165) is 6.42 Å². The lowest BCUT2D eigenvalue weighted by atomic mass is 10.0. The maximum absolute atomic E-state index is 10.5. The molecule has 1 atom stereocenters. The van der Waals surface area contributed by atoms with Gasteiger partial charge in [0, 0.05) is 6.42 Å². The molecule has 0 aliphatic heterocycles. The average molecular weight is 126 g/mol. The second-order valence-corrected chi connectivity index (χ2v) is 2.31. The molecule has 0 aromatic rings. The predicted octanol–water partition coefficient (Wildman–Crippen LogP) is 2.18. The van der Waals surface area contributed by atoms with Crippen molar-refractivity contribution in [2.45, 2.75) is 26.7 Å². The highest BCUT2D eigenvalue weighted by atomic mass is 16.1. The van der Waals surface area contributed by atoms with Gasteiger partial charge >= 0.3 is 0 Å². The van der Waals surface area contributed by atoms with Crippen LogP contribution in [-0.2, 0) is 4.79 Å². The molecule has 1 unspecified atom stereocenters. The Hall–Kier alpha value is -0.590. The van der Waals surface area contributed by atoms with Gasteiger partial charge in [-0.05, 0) is 19.3 Å². The molecule has 0 saturated heterocycles. The molecule has 52 valence electrons. The molecule has 0 aromatic carbocycles. The van der Waals surface area contributed by atoms with Crippen LogP contribution in [-0.4, -0.2) is 5.78 Å². The van der Waals surface area contributed by atoms with Crippen LogP contribution in [0.5, 0.6) is 0 Å². The molecule has 0 N–H and O–H groups in total. The van der Waals surface area contributed by atoms with E-state index in [9.17, 15) is 4.79 Å². The minimum Gasteiger partial charge on any atom is -0.300 e. The van der Waals surface area contributed by atoms with Gasteiger partial charge in [-0.2, -0.15) is 0 Å². The third-order valence-electron chi connectivity index (χ3n) is 1.41. The van der Waals surface area contributed by atoms with Crippen molar-refractivity contribution in [2.75, 3.05) is 0 Å². The van der Waals surface area contributed by atoms with Crippen LogP contribution in [0, 0.1) is 5.92 Å². The summed E-state index contributed by atoms with van der Waals surface area (Å²) in [5, 5.41) is 0. The molecule has 0 fully saturated rings. The quantitative estimate of drug-likeness (QED) is 0.528. The third kappa shape index (κ3) is 3.95. The van der Waals surface area contributed by atoms with Crippen LogP contribution in [0.2, 0.25) is 0 Å². The van der Waals surface area contributed by atoms with E-state index in [1.807, 2.05) is 6.08 Å². The standard InChI is InChI=1S/C8H14O/c1-4-8(5-2)6-7(3)9/h4,8H,1,5-6H2,2-3H3. The molecule has 0 bridgehead atoms. The minimum absolute atomic E-state index is 0.252. The first-order chi connectivity index (χ1) is 4.20. The van der Waals surface area contributed by atoms with Gasteiger partial charge in [-0.3, -0.25) is 0 Å². The number of allylic oxidation sites excluding steroid dienone is 1. The second kappa shape index (κ2) is 4.30. The summed E-state index contributed by atoms with van der Waals surface area (Å²) in [6.07, 6.45) is 3.52. The van der Waals surface area contributed by atoms with E-state index in [2.05, 4.69) is 13.5 Å². The summed E-state index contributed by atoms with van der Waals surface area (Å²) < 4.78 is 0. The van der Waals surface area contributed by atoms with Gasteiger partial charge in [0.25, 0.3) is 0 Å². The maximum Gasteiger partial charge on any atom is 0.130 e. The Bertz CT molecular complexity index is 105. The van der Waals surface area contributed by atoms with Crippen molar-refractivity contribution in [3.63, 3.8) is 0 Å². The van der Waals surface area contributed by atoms with E-state index < -0.39 is 0 Å². The Kier molecular flexibility index (Phi) is 4.02. The average Bonchev–Trinajstić information content (AvgIpc) is 1.82. The molecule has 9 heavy (non-hydrogen) atoms. The van der Waals surface area contributed by atoms with Gasteiger partial charge in [0.2, 0.25) is 0 Å². The lowest BCUT2D eigenvalue weighted by Gasteiger charge is -2.04. The first kappa shape index (κ1) is 8.41. The number of rotatable bonds is 4. The zero-order chi connectivity index (χ0) is 7.28. The monoisotopic (exact) mass is 126 g/mol. The van der Waals surface area contributed by atoms with Gasteiger partial charge in [0.1, 0.15) is 5.78 Å². The van der Waals surface area contributed by atoms with Gasteiger partial charge in [-0.1, -0.05) is 13.0 Å². The van der Waals surface area contributed by atoms with Gasteiger partial charge in [0.15, 0.2) is 0 Å². The number of Topliss-reactive ketones (excluding diaryl/α,β-unsaturated/α-hetero) is 1. The molecule has 0 saturated carbocycles. The van der Waals surface area contributed by atoms with Crippen LogP contribution in [0.15, 0.2) is 12.7 Å². The molecule has 0 aliphatic carbocycles. The van der Waals surface area contributed by atoms with E-state index in [1.54, 1.807) is 6.92 Å². The highest BCUT2D eigenvalue weighted by Crippen LogP contribution is 2.08. The van der Waals surface area contributed by atoms with Crippen LogP contribution in [0.3, 0.4) is 0 Å². The summed E-state index contributed by atoms with van der Waals surface area (Å²) in [7, 11) is 0. The molecule has 0 rings (SSSR count). The van der Waals surface area contributed by atoms with Crippen LogP contribution in [0.25, 0.3) is 0 Å². The van der Waals surface area contributed by atoms with Gasteiger partial charge < -0.3 is 4.79 Å². The topological polar surface area (TPSA) is 17.1 Å². The molecule has 1 nitrogen and oxygen atoms in total. The Labute approximate surface area is 56.8 Å². The van der Waals surface area contributed by atoms with Gasteiger partial charge in [0.05, 0.1) is 0 Å². The van der Waals surface area contributed by atoms with E-state index >= 15 is 0 Å². The fourth-order valence-corrected chi connectivity index (χ4v) is 0.764. The number of carbonyl (C=O) groups excluding carboxylic acids is 1. The van der Waals surface area contributed by atoms with Crippen molar-refractivity contribution in [2.24, 2.45) is 5.92 Å². The summed E-state index contributed by atoms with van der Waals surface area (Å²) in [6.45, 7) is 7.31. The highest BCUT2D eigenvalue weighted by Gasteiger charge is 2.02. The molecule has 0 aromatic heterocycles. The minimum atomic E-state index is 0.252. The Balaban J connectivity index is 3.55. The lowest BCUT2D eigenvalue weighted by molar-refractivity contribution is -0.117. The molecular formula is C8H14O. The Morgan fingerprint density at radius 2 is 2.33 bits per heavy atom. The second-order valence-electron chi connectivity index (χ2n) is 2.31. The summed E-state index contributed by atoms with van der Waals surface area (Å²) in [4.78, 5) is 10.5. The van der Waals surface area contributed by atoms with Crippen molar-refractivity contribution < 1.29 is 4.79 Å². The summed E-state index contributed by atoms with van der Waals surface area (Å²) in [6, 6.07) is 0. The summed E-state index contributed by atoms with van der Waals surface area (Å²) in [5.41, 5.74) is 0. The molecule has 0 amide bonds. The Morgan fingerprint density at radius 1 is 1.78 bits per heavy atom. The zero-order valence-corrected chi connectivity index (χ0v) is 6.18. The number of ketones is 1. The van der Waals surface area contributed by atoms with Gasteiger partial charge in [-0.15, -0.1) is 6.58 Å². The smallest absolute Gasteiger partial charge is 0.130 e. The molecule has 1 heteroatoms. The van der Waals surface area contributed by atoms with Crippen LogP contribution < -0.4 is 0 Å². The number of carbonyl (C=O) groups is 1. The van der Waals surface area contributed by atoms with Crippen LogP contribution in [0.4, 0.5) is 0 Å². The number of hydrogen-bond acceptors (Lipinski definition) is 1. The molecule has 0 radical (unpaired) electrons. The molecule has 0 aliphatic rings. The van der Waals surface area contributed by atoms with E-state index in [-0.39, 0.29) is 5.78 Å². The zero-order valence-electron chi connectivity index (χ0n) is 6.18. The van der Waals surface area contributed by atoms with Gasteiger partial charge in [-0.25, -0.2) is 0 Å². The van der Waals surface area contributed by atoms with Crippen molar-refractivity contribution in [3.05, 3.63) is 12.7 Å². The third-order valence-corrected chi connectivity index (χ3v) is 1.41. The van der Waals surface area contributed by atoms with Crippen molar-refractivity contribution in [3.8, 4) is 0 Å². The largest absolute Gasteiger partial charge is 0.300 e. The molecule has 0 heterocycles. The maximum atomic E-state index is 10.5. The Morgan fingerprint density at radius 3 is 2.44 bits per heavy atom. The van der Waals surface area contributed by atoms with Crippen LogP contribution >= 0.6 is 0 Å². The van der Waals surface area contributed by atoms with E-state index in [1.165, 1.54) is 0 Å². The number of hydrogen-bond donors (Lipinski definition) is 0. The summed E-state index contributed by atoms with van der Waals surface area (Å²) >= 11 is 0.